The average molecular weight is 611 g/mol. The summed E-state index contributed by atoms with van der Waals surface area (Å²) in [5, 5.41) is 0. The third-order valence-electron chi connectivity index (χ3n) is 8.01. The zero-order valence-corrected chi connectivity index (χ0v) is 26.0. The third kappa shape index (κ3) is 5.63. The summed E-state index contributed by atoms with van der Waals surface area (Å²) in [6.07, 6.45) is 20.5. The zero-order chi connectivity index (χ0) is 31.6. The summed E-state index contributed by atoms with van der Waals surface area (Å²) in [5.74, 6) is 1.26. The van der Waals surface area contributed by atoms with Crippen LogP contribution in [-0.2, 0) is 9.53 Å². The van der Waals surface area contributed by atoms with E-state index in [4.69, 9.17) is 24.5 Å². The van der Waals surface area contributed by atoms with Gasteiger partial charge in [-0.2, -0.15) is 0 Å². The number of nitrogens with one attached hydrogen (secondary N) is 1. The van der Waals surface area contributed by atoms with Crippen LogP contribution in [-0.4, -0.2) is 64.2 Å². The molecule has 230 valence electrons. The molecule has 9 nitrogen and oxygen atoms in total. The van der Waals surface area contributed by atoms with Crippen molar-refractivity contribution in [3.8, 4) is 5.75 Å². The van der Waals surface area contributed by atoms with Crippen molar-refractivity contribution >= 4 is 34.8 Å². The maximum Gasteiger partial charge on any atom is 0.344 e. The summed E-state index contributed by atoms with van der Waals surface area (Å²) in [7, 11) is 0. The fourth-order valence-corrected chi connectivity index (χ4v) is 5.87. The van der Waals surface area contributed by atoms with Crippen LogP contribution >= 0.6 is 0 Å². The van der Waals surface area contributed by atoms with Crippen LogP contribution in [0, 0.1) is 0 Å². The third-order valence-corrected chi connectivity index (χ3v) is 8.01. The van der Waals surface area contributed by atoms with Crippen molar-refractivity contribution < 1.29 is 14.3 Å². The standard InChI is InChI=1S/C37H34N6O3/c1-4-42-19-20-43(5-2)37(42)36-32-17-11-27(40-32)21-25-9-15-30(38-25)35(24-7-13-29(14-8-24)46-23-34(44)45-6-3)31-16-10-26(39-31)22-28-12-18-33(36)41-28/h7-22,38H,4-6,23H2,1-3H3. The first kappa shape index (κ1) is 29.0. The van der Waals surface area contributed by atoms with Crippen molar-refractivity contribution in [2.24, 2.45) is 15.0 Å². The van der Waals surface area contributed by atoms with Crippen LogP contribution in [0.2, 0.25) is 0 Å². The number of aromatic nitrogens is 1. The van der Waals surface area contributed by atoms with Gasteiger partial charge in [0.15, 0.2) is 6.61 Å². The van der Waals surface area contributed by atoms with E-state index in [9.17, 15) is 4.79 Å². The first-order valence-electron chi connectivity index (χ1n) is 15.6. The van der Waals surface area contributed by atoms with Gasteiger partial charge in [-0.15, -0.1) is 0 Å². The summed E-state index contributed by atoms with van der Waals surface area (Å²) in [6, 6.07) is 11.8. The van der Waals surface area contributed by atoms with E-state index < -0.39 is 5.97 Å². The van der Waals surface area contributed by atoms with Crippen molar-refractivity contribution in [2.45, 2.75) is 20.8 Å². The first-order valence-corrected chi connectivity index (χ1v) is 15.6. The highest BCUT2D eigenvalue weighted by molar-refractivity contribution is 6.33. The Kier molecular flexibility index (Phi) is 7.80. The number of H-pyrrole nitrogens is 1. The van der Waals surface area contributed by atoms with E-state index in [0.29, 0.717) is 12.4 Å². The number of rotatable bonds is 7. The molecular weight excluding hydrogens is 576 g/mol. The van der Waals surface area contributed by atoms with Gasteiger partial charge in [0.2, 0.25) is 0 Å². The molecule has 0 atom stereocenters. The molecule has 8 bridgehead atoms. The van der Waals surface area contributed by atoms with Gasteiger partial charge in [0.1, 0.15) is 11.6 Å². The number of fused-ring (bicyclic) bond motifs is 5. The molecule has 0 unspecified atom stereocenters. The fraction of sp³-hybridized carbons (Fsp3) is 0.189. The number of benzene rings is 1. The van der Waals surface area contributed by atoms with Crippen molar-refractivity contribution in [1.82, 2.24) is 14.8 Å². The Hall–Kier alpha value is -5.70. The minimum absolute atomic E-state index is 0.138. The molecule has 7 rings (SSSR count). The normalized spacial score (nSPS) is 17.9. The molecule has 5 aliphatic rings. The van der Waals surface area contributed by atoms with Crippen LogP contribution in [0.25, 0.3) is 11.6 Å². The molecule has 0 radical (unpaired) electrons. The molecule has 0 amide bonds. The largest absolute Gasteiger partial charge is 0.482 e. The predicted octanol–water partition coefficient (Wildman–Crippen LogP) is 6.33. The lowest BCUT2D eigenvalue weighted by Crippen LogP contribution is -2.28. The summed E-state index contributed by atoms with van der Waals surface area (Å²) >= 11 is 0. The number of hydrogen-bond acceptors (Lipinski definition) is 8. The SMILES string of the molecule is CCOC(=O)COc1ccc(C2=C3C=CC(=N3)C=C3C=CC(=N3)C(=C3N(CC)C=CN3CC)C3=NC(=Cc4ccc2[nH]4)C=C3)cc1. The van der Waals surface area contributed by atoms with Crippen molar-refractivity contribution in [3.63, 3.8) is 0 Å². The second kappa shape index (κ2) is 12.4. The second-order valence-corrected chi connectivity index (χ2v) is 10.9. The monoisotopic (exact) mass is 610 g/mol. The number of aromatic amines is 1. The van der Waals surface area contributed by atoms with E-state index in [-0.39, 0.29) is 6.61 Å². The molecule has 1 aromatic carbocycles. The number of esters is 1. The predicted molar refractivity (Wildman–Crippen MR) is 182 cm³/mol. The van der Waals surface area contributed by atoms with Gasteiger partial charge in [0, 0.05) is 42.5 Å². The number of nitrogens with zero attached hydrogens (tertiary/aromatic N) is 5. The number of carbonyl (C=O) groups is 1. The molecule has 1 N–H and O–H groups in total. The van der Waals surface area contributed by atoms with E-state index in [1.807, 2.05) is 54.6 Å². The van der Waals surface area contributed by atoms with Gasteiger partial charge in [0.25, 0.3) is 0 Å². The van der Waals surface area contributed by atoms with Crippen LogP contribution in [0.3, 0.4) is 0 Å². The van der Waals surface area contributed by atoms with Crippen LogP contribution in [0.5, 0.6) is 5.75 Å². The molecular formula is C37H34N6O3. The van der Waals surface area contributed by atoms with Gasteiger partial charge in [-0.25, -0.2) is 19.8 Å². The van der Waals surface area contributed by atoms with E-state index in [2.05, 4.69) is 71.4 Å². The first-order chi connectivity index (χ1) is 22.5. The van der Waals surface area contributed by atoms with Crippen molar-refractivity contribution in [1.29, 1.82) is 0 Å². The molecule has 1 aromatic heterocycles. The number of ether oxygens (including phenoxy) is 2. The Balaban J connectivity index is 1.32. The molecule has 0 spiro atoms. The van der Waals surface area contributed by atoms with E-state index >= 15 is 0 Å². The summed E-state index contributed by atoms with van der Waals surface area (Å²) in [4.78, 5) is 35.0. The molecule has 2 aromatic rings. The van der Waals surface area contributed by atoms with Gasteiger partial charge in [0.05, 0.1) is 46.4 Å². The van der Waals surface area contributed by atoms with Gasteiger partial charge >= 0.3 is 5.97 Å². The van der Waals surface area contributed by atoms with E-state index in [0.717, 1.165) is 81.2 Å². The Morgan fingerprint density at radius 3 is 2.13 bits per heavy atom. The van der Waals surface area contributed by atoms with Crippen LogP contribution in [0.4, 0.5) is 0 Å². The lowest BCUT2D eigenvalue weighted by Gasteiger charge is -2.26. The van der Waals surface area contributed by atoms with Gasteiger partial charge in [-0.05, 0) is 99.2 Å². The summed E-state index contributed by atoms with van der Waals surface area (Å²) < 4.78 is 10.6. The lowest BCUT2D eigenvalue weighted by atomic mass is 10.0. The fourth-order valence-electron chi connectivity index (χ4n) is 5.87. The van der Waals surface area contributed by atoms with Gasteiger partial charge in [-0.3, -0.25) is 0 Å². The summed E-state index contributed by atoms with van der Waals surface area (Å²) in [6.45, 7) is 7.91. The lowest BCUT2D eigenvalue weighted by molar-refractivity contribution is -0.145. The molecule has 9 heteroatoms. The molecule has 0 saturated carbocycles. The van der Waals surface area contributed by atoms with Crippen LogP contribution < -0.4 is 4.74 Å². The quantitative estimate of drug-likeness (QED) is 0.370. The zero-order valence-electron chi connectivity index (χ0n) is 26.0. The average Bonchev–Trinajstić information content (AvgIpc) is 3.91. The van der Waals surface area contributed by atoms with E-state index in [1.165, 1.54) is 0 Å². The maximum absolute atomic E-state index is 11.8. The maximum atomic E-state index is 11.8. The number of hydrogen-bond donors (Lipinski definition) is 1. The molecule has 0 aliphatic carbocycles. The van der Waals surface area contributed by atoms with Crippen LogP contribution in [0.1, 0.15) is 37.7 Å². The van der Waals surface area contributed by atoms with E-state index in [1.54, 1.807) is 6.92 Å². The molecule has 6 heterocycles. The van der Waals surface area contributed by atoms with Gasteiger partial charge in [-0.1, -0.05) is 12.1 Å². The summed E-state index contributed by atoms with van der Waals surface area (Å²) in [5.41, 5.74) is 9.78. The molecule has 5 aliphatic heterocycles. The molecule has 0 saturated heterocycles. The van der Waals surface area contributed by atoms with Gasteiger partial charge < -0.3 is 24.3 Å². The highest BCUT2D eigenvalue weighted by Gasteiger charge is 2.29. The molecule has 0 fully saturated rings. The topological polar surface area (TPSA) is 94.9 Å². The Morgan fingerprint density at radius 2 is 1.46 bits per heavy atom. The molecule has 46 heavy (non-hydrogen) atoms. The smallest absolute Gasteiger partial charge is 0.344 e. The number of carbonyl (C=O) groups excluding carboxylic acids is 1. The number of aliphatic imine (C=N–C) groups is 3. The highest BCUT2D eigenvalue weighted by Crippen LogP contribution is 2.34. The Morgan fingerprint density at radius 1 is 0.761 bits per heavy atom. The second-order valence-electron chi connectivity index (χ2n) is 10.9. The minimum Gasteiger partial charge on any atom is -0.482 e. The minimum atomic E-state index is -0.398. The number of allylic oxidation sites excluding steroid dienone is 8. The van der Waals surface area contributed by atoms with Crippen LogP contribution in [0.15, 0.2) is 135 Å². The highest BCUT2D eigenvalue weighted by atomic mass is 16.6. The van der Waals surface area contributed by atoms with Crippen molar-refractivity contribution in [2.75, 3.05) is 26.3 Å². The Bertz CT molecular complexity index is 1920. The van der Waals surface area contributed by atoms with Crippen molar-refractivity contribution in [3.05, 3.63) is 137 Å². The Labute approximate surface area is 268 Å².